The first-order chi connectivity index (χ1) is 15.6. The Hall–Kier alpha value is -2.82. The topological polar surface area (TPSA) is 58.6 Å². The molecule has 1 aliphatic carbocycles. The third-order valence-corrected chi connectivity index (χ3v) is 6.11. The highest BCUT2D eigenvalue weighted by molar-refractivity contribution is 5.87. The molecule has 0 aromatic heterocycles. The summed E-state index contributed by atoms with van der Waals surface area (Å²) in [4.78, 5) is 28.1. The van der Waals surface area contributed by atoms with Gasteiger partial charge < -0.3 is 15.0 Å². The number of carbonyl (C=O) groups excluding carboxylic acids is 2. The Labute approximate surface area is 192 Å². The predicted molar refractivity (Wildman–Crippen MR) is 127 cm³/mol. The van der Waals surface area contributed by atoms with E-state index in [9.17, 15) is 9.59 Å². The Morgan fingerprint density at radius 3 is 2.41 bits per heavy atom. The number of ether oxygens (including phenoxy) is 1. The molecule has 1 atom stereocenters. The van der Waals surface area contributed by atoms with E-state index < -0.39 is 6.04 Å². The van der Waals surface area contributed by atoms with Crippen molar-refractivity contribution in [1.82, 2.24) is 10.2 Å². The smallest absolute Gasteiger partial charge is 0.243 e. The molecule has 0 spiro atoms. The zero-order valence-electron chi connectivity index (χ0n) is 19.4. The number of hydrogen-bond donors (Lipinski definition) is 1. The number of aryl methyl sites for hydroxylation is 1. The molecule has 3 rings (SSSR count). The molecule has 0 saturated heterocycles. The monoisotopic (exact) mass is 436 g/mol. The molecule has 32 heavy (non-hydrogen) atoms. The Bertz CT molecular complexity index is 845. The Morgan fingerprint density at radius 1 is 1.06 bits per heavy atom. The van der Waals surface area contributed by atoms with Gasteiger partial charge in [0.2, 0.25) is 11.8 Å². The molecule has 1 N–H and O–H groups in total. The number of hydrogen-bond acceptors (Lipinski definition) is 3. The standard InChI is InChI=1S/C27H36N2O3/c1-3-25(27(31)28-23-12-7-8-13-23)29(20-22-10-5-4-6-11-22)26(30)14-9-19-32-24-17-15-21(2)16-18-24/h4-6,10-11,15-18,23,25H,3,7-9,12-14,19-20H2,1-2H3,(H,28,31). The van der Waals surface area contributed by atoms with E-state index in [1.165, 1.54) is 5.56 Å². The van der Waals surface area contributed by atoms with Crippen molar-refractivity contribution in [3.05, 3.63) is 65.7 Å². The maximum atomic E-state index is 13.2. The molecule has 2 aromatic rings. The maximum absolute atomic E-state index is 13.2. The van der Waals surface area contributed by atoms with Crippen molar-refractivity contribution in [3.63, 3.8) is 0 Å². The van der Waals surface area contributed by atoms with Gasteiger partial charge in [-0.3, -0.25) is 9.59 Å². The minimum Gasteiger partial charge on any atom is -0.494 e. The van der Waals surface area contributed by atoms with E-state index >= 15 is 0 Å². The molecule has 2 aromatic carbocycles. The summed E-state index contributed by atoms with van der Waals surface area (Å²) in [6.45, 7) is 4.93. The summed E-state index contributed by atoms with van der Waals surface area (Å²) in [5.74, 6) is 0.779. The van der Waals surface area contributed by atoms with Crippen LogP contribution in [0.15, 0.2) is 54.6 Å². The number of nitrogens with zero attached hydrogens (tertiary/aromatic N) is 1. The molecule has 5 heteroatoms. The summed E-state index contributed by atoms with van der Waals surface area (Å²) in [6, 6.07) is 17.6. The van der Waals surface area contributed by atoms with Crippen molar-refractivity contribution in [2.75, 3.05) is 6.61 Å². The van der Waals surface area contributed by atoms with Crippen LogP contribution < -0.4 is 10.1 Å². The molecule has 2 amide bonds. The van der Waals surface area contributed by atoms with Gasteiger partial charge in [-0.15, -0.1) is 0 Å². The highest BCUT2D eigenvalue weighted by atomic mass is 16.5. The van der Waals surface area contributed by atoms with Gasteiger partial charge in [-0.2, -0.15) is 0 Å². The SMILES string of the molecule is CCC(C(=O)NC1CCCC1)N(Cc1ccccc1)C(=O)CCCOc1ccc(C)cc1. The minimum atomic E-state index is -0.457. The van der Waals surface area contributed by atoms with Crippen LogP contribution in [0, 0.1) is 6.92 Å². The highest BCUT2D eigenvalue weighted by Crippen LogP contribution is 2.20. The molecule has 0 bridgehead atoms. The summed E-state index contributed by atoms with van der Waals surface area (Å²) in [6.07, 6.45) is 5.95. The number of rotatable bonds is 11. The molecular formula is C27H36N2O3. The second-order valence-corrected chi connectivity index (χ2v) is 8.69. The maximum Gasteiger partial charge on any atom is 0.243 e. The molecule has 0 aliphatic heterocycles. The van der Waals surface area contributed by atoms with Gasteiger partial charge >= 0.3 is 0 Å². The van der Waals surface area contributed by atoms with Crippen molar-refractivity contribution in [2.45, 2.75) is 77.4 Å². The lowest BCUT2D eigenvalue weighted by Gasteiger charge is -2.31. The second-order valence-electron chi connectivity index (χ2n) is 8.69. The molecular weight excluding hydrogens is 400 g/mol. The first kappa shape index (κ1) is 23.8. The minimum absolute atomic E-state index is 0.00483. The lowest BCUT2D eigenvalue weighted by molar-refractivity contribution is -0.141. The van der Waals surface area contributed by atoms with Crippen LogP contribution in [0.25, 0.3) is 0 Å². The van der Waals surface area contributed by atoms with Gasteiger partial charge in [-0.25, -0.2) is 0 Å². The lowest BCUT2D eigenvalue weighted by atomic mass is 10.1. The van der Waals surface area contributed by atoms with Crippen LogP contribution in [0.5, 0.6) is 5.75 Å². The molecule has 172 valence electrons. The van der Waals surface area contributed by atoms with Crippen LogP contribution in [0.3, 0.4) is 0 Å². The largest absolute Gasteiger partial charge is 0.494 e. The van der Waals surface area contributed by atoms with Crippen molar-refractivity contribution >= 4 is 11.8 Å². The first-order valence-corrected chi connectivity index (χ1v) is 11.9. The summed E-state index contributed by atoms with van der Waals surface area (Å²) in [5, 5.41) is 3.19. The van der Waals surface area contributed by atoms with Crippen LogP contribution in [0.4, 0.5) is 0 Å². The van der Waals surface area contributed by atoms with Gasteiger partial charge in [0.1, 0.15) is 11.8 Å². The van der Waals surface area contributed by atoms with Crippen LogP contribution in [-0.2, 0) is 16.1 Å². The van der Waals surface area contributed by atoms with Gasteiger partial charge in [0, 0.05) is 19.0 Å². The van der Waals surface area contributed by atoms with Crippen molar-refractivity contribution in [1.29, 1.82) is 0 Å². The fraction of sp³-hybridized carbons (Fsp3) is 0.481. The van der Waals surface area contributed by atoms with Crippen LogP contribution >= 0.6 is 0 Å². The molecule has 1 aliphatic rings. The fourth-order valence-electron chi connectivity index (χ4n) is 4.26. The zero-order chi connectivity index (χ0) is 22.8. The van der Waals surface area contributed by atoms with E-state index in [4.69, 9.17) is 4.74 Å². The highest BCUT2D eigenvalue weighted by Gasteiger charge is 2.30. The molecule has 0 radical (unpaired) electrons. The Morgan fingerprint density at radius 2 is 1.75 bits per heavy atom. The number of benzene rings is 2. The normalized spacial score (nSPS) is 14.7. The molecule has 5 nitrogen and oxygen atoms in total. The molecule has 1 saturated carbocycles. The van der Waals surface area contributed by atoms with Crippen molar-refractivity contribution < 1.29 is 14.3 Å². The van der Waals surface area contributed by atoms with Gasteiger partial charge in [0.15, 0.2) is 0 Å². The van der Waals surface area contributed by atoms with Crippen molar-refractivity contribution in [3.8, 4) is 5.75 Å². The number of nitrogens with one attached hydrogen (secondary N) is 1. The van der Waals surface area contributed by atoms with Gasteiger partial charge in [-0.05, 0) is 50.3 Å². The van der Waals surface area contributed by atoms with Crippen LogP contribution in [0.2, 0.25) is 0 Å². The third-order valence-electron chi connectivity index (χ3n) is 6.11. The lowest BCUT2D eigenvalue weighted by Crippen LogP contribution is -2.50. The van der Waals surface area contributed by atoms with E-state index in [2.05, 4.69) is 5.32 Å². The molecule has 1 fully saturated rings. The summed E-state index contributed by atoms with van der Waals surface area (Å²) in [7, 11) is 0. The predicted octanol–water partition coefficient (Wildman–Crippen LogP) is 5.02. The van der Waals surface area contributed by atoms with Gasteiger partial charge in [0.25, 0.3) is 0 Å². The van der Waals surface area contributed by atoms with Crippen molar-refractivity contribution in [2.24, 2.45) is 0 Å². The fourth-order valence-corrected chi connectivity index (χ4v) is 4.26. The quantitative estimate of drug-likeness (QED) is 0.503. The van der Waals surface area contributed by atoms with Gasteiger partial charge in [-0.1, -0.05) is 67.8 Å². The van der Waals surface area contributed by atoms with Crippen LogP contribution in [0.1, 0.15) is 63.0 Å². The first-order valence-electron chi connectivity index (χ1n) is 11.9. The summed E-state index contributed by atoms with van der Waals surface area (Å²) >= 11 is 0. The van der Waals surface area contributed by atoms with E-state index in [1.807, 2.05) is 68.4 Å². The second kappa shape index (κ2) is 12.3. The van der Waals surface area contributed by atoms with E-state index in [0.717, 1.165) is 37.0 Å². The number of carbonyl (C=O) groups is 2. The summed E-state index contributed by atoms with van der Waals surface area (Å²) < 4.78 is 5.78. The Balaban J connectivity index is 1.61. The van der Waals surface area contributed by atoms with E-state index in [0.29, 0.717) is 32.4 Å². The Kier molecular flexibility index (Phi) is 9.14. The zero-order valence-corrected chi connectivity index (χ0v) is 19.4. The average molecular weight is 437 g/mol. The van der Waals surface area contributed by atoms with Crippen LogP contribution in [-0.4, -0.2) is 35.4 Å². The molecule has 0 heterocycles. The molecule has 1 unspecified atom stereocenters. The van der Waals surface area contributed by atoms with E-state index in [-0.39, 0.29) is 17.9 Å². The van der Waals surface area contributed by atoms with Gasteiger partial charge in [0.05, 0.1) is 6.61 Å². The average Bonchev–Trinajstić information content (AvgIpc) is 3.31. The van der Waals surface area contributed by atoms with E-state index in [1.54, 1.807) is 4.90 Å². The number of amides is 2. The third kappa shape index (κ3) is 7.11. The summed E-state index contributed by atoms with van der Waals surface area (Å²) in [5.41, 5.74) is 2.22.